The Labute approximate surface area is 213 Å². The normalized spacial score (nSPS) is 37.5. The molecule has 1 aromatic heterocycles. The second-order valence-electron chi connectivity index (χ2n) is 11.4. The van der Waals surface area contributed by atoms with Crippen molar-refractivity contribution in [2.75, 3.05) is 0 Å². The van der Waals surface area contributed by atoms with Gasteiger partial charge in [-0.15, -0.1) is 11.3 Å². The molecule has 0 radical (unpaired) electrons. The minimum absolute atomic E-state index is 0.0170. The predicted octanol–water partition coefficient (Wildman–Crippen LogP) is 4.05. The van der Waals surface area contributed by atoms with E-state index >= 15 is 0 Å². The van der Waals surface area contributed by atoms with Gasteiger partial charge in [0.05, 0.1) is 52.5 Å². The van der Waals surface area contributed by atoms with Gasteiger partial charge in [-0.1, -0.05) is 34.1 Å². The van der Waals surface area contributed by atoms with Crippen LogP contribution in [0.25, 0.3) is 6.08 Å². The van der Waals surface area contributed by atoms with Gasteiger partial charge in [0, 0.05) is 17.7 Å². The number of amides is 1. The van der Waals surface area contributed by atoms with E-state index < -0.39 is 23.5 Å². The third-order valence-corrected chi connectivity index (χ3v) is 8.86. The Bertz CT molecular complexity index is 957. The summed E-state index contributed by atoms with van der Waals surface area (Å²) in [7, 11) is 0. The number of carbonyl (C=O) groups excluding carboxylic acids is 2. The van der Waals surface area contributed by atoms with Crippen molar-refractivity contribution in [2.24, 2.45) is 17.3 Å². The fourth-order valence-corrected chi connectivity index (χ4v) is 5.76. The van der Waals surface area contributed by atoms with Gasteiger partial charge in [0.1, 0.15) is 5.78 Å². The van der Waals surface area contributed by atoms with Crippen LogP contribution in [0.5, 0.6) is 0 Å². The summed E-state index contributed by atoms with van der Waals surface area (Å²) in [5.74, 6) is -1.24. The van der Waals surface area contributed by atoms with Crippen molar-refractivity contribution in [3.63, 3.8) is 0 Å². The van der Waals surface area contributed by atoms with Crippen LogP contribution in [0.2, 0.25) is 0 Å². The first-order valence-electron chi connectivity index (χ1n) is 12.7. The number of ether oxygens (including phenoxy) is 1. The number of hydrogen-bond acceptors (Lipinski definition) is 7. The van der Waals surface area contributed by atoms with Crippen LogP contribution in [0.1, 0.15) is 84.3 Å². The highest BCUT2D eigenvalue weighted by Crippen LogP contribution is 2.44. The fraction of sp³-hybridized carbons (Fsp3) is 0.741. The molecular formula is C27H42N2O5S. The van der Waals surface area contributed by atoms with Crippen molar-refractivity contribution in [1.82, 2.24) is 10.3 Å². The Kier molecular flexibility index (Phi) is 8.62. The van der Waals surface area contributed by atoms with Crippen LogP contribution in [0.15, 0.2) is 11.0 Å². The van der Waals surface area contributed by atoms with Gasteiger partial charge < -0.3 is 20.3 Å². The number of thiazole rings is 1. The lowest BCUT2D eigenvalue weighted by Gasteiger charge is -2.34. The summed E-state index contributed by atoms with van der Waals surface area (Å²) in [6, 6.07) is -0.269. The number of epoxide rings is 1. The largest absolute Gasteiger partial charge is 0.392 e. The zero-order chi connectivity index (χ0) is 26.1. The SMILES string of the molecule is C/C(=C/c1csc(C)n1)[C@@H]1C[C@H]2O[C@@]2(C)CCC[C@@H](C)[C@@H](O)[C@H](C)C(=O)C(C)(C)[C@H](O)CC(=O)N1. The monoisotopic (exact) mass is 506 g/mol. The Morgan fingerprint density at radius 1 is 1.26 bits per heavy atom. The predicted molar refractivity (Wildman–Crippen MR) is 138 cm³/mol. The van der Waals surface area contributed by atoms with Crippen molar-refractivity contribution in [2.45, 2.75) is 111 Å². The molecule has 1 aromatic rings. The standard InChI is InChI=1S/C27H42N2O5S/c1-15-9-8-10-27(7)22(34-27)12-20(16(2)11-19-14-35-18(4)28-19)29-23(31)13-21(30)26(5,6)25(33)17(3)24(15)32/h11,14-15,17,20-22,24,30,32H,8-10,12-13H2,1-7H3,(H,29,31)/b16-11-/t15-,17+,20+,21-,22-,24-,27+/m1/s1. The van der Waals surface area contributed by atoms with Crippen molar-refractivity contribution in [1.29, 1.82) is 0 Å². The zero-order valence-electron chi connectivity index (χ0n) is 22.1. The molecule has 2 aliphatic heterocycles. The van der Waals surface area contributed by atoms with Crippen LogP contribution < -0.4 is 5.32 Å². The zero-order valence-corrected chi connectivity index (χ0v) is 22.9. The molecule has 0 bridgehead atoms. The molecule has 0 aromatic carbocycles. The van der Waals surface area contributed by atoms with E-state index in [0.717, 1.165) is 35.5 Å². The number of nitrogens with zero attached hydrogens (tertiary/aromatic N) is 1. The maximum absolute atomic E-state index is 13.2. The molecule has 196 valence electrons. The molecule has 7 atom stereocenters. The van der Waals surface area contributed by atoms with E-state index in [1.807, 2.05) is 32.2 Å². The number of hydrogen-bond donors (Lipinski definition) is 3. The number of aliphatic hydroxyl groups is 2. The lowest BCUT2D eigenvalue weighted by atomic mass is 9.72. The quantitative estimate of drug-likeness (QED) is 0.522. The molecule has 1 amide bonds. The summed E-state index contributed by atoms with van der Waals surface area (Å²) in [4.78, 5) is 30.8. The minimum Gasteiger partial charge on any atom is -0.392 e. The third-order valence-electron chi connectivity index (χ3n) is 8.07. The van der Waals surface area contributed by atoms with Gasteiger partial charge in [-0.3, -0.25) is 9.59 Å². The average Bonchev–Trinajstić information content (AvgIpc) is 3.22. The first-order chi connectivity index (χ1) is 16.2. The molecule has 3 N–H and O–H groups in total. The maximum atomic E-state index is 13.2. The van der Waals surface area contributed by atoms with E-state index in [-0.39, 0.29) is 41.8 Å². The van der Waals surface area contributed by atoms with Gasteiger partial charge in [0.15, 0.2) is 0 Å². The highest BCUT2D eigenvalue weighted by Gasteiger charge is 2.52. The van der Waals surface area contributed by atoms with Gasteiger partial charge in [0.25, 0.3) is 0 Å². The summed E-state index contributed by atoms with van der Waals surface area (Å²) in [6.07, 6.45) is 2.99. The molecule has 3 rings (SSSR count). The average molecular weight is 507 g/mol. The van der Waals surface area contributed by atoms with Crippen LogP contribution in [0.4, 0.5) is 0 Å². The summed E-state index contributed by atoms with van der Waals surface area (Å²) >= 11 is 1.58. The molecule has 0 unspecified atom stereocenters. The van der Waals surface area contributed by atoms with Crippen LogP contribution in [-0.4, -0.2) is 56.8 Å². The summed E-state index contributed by atoms with van der Waals surface area (Å²) in [5.41, 5.74) is 0.410. The van der Waals surface area contributed by atoms with Crippen molar-refractivity contribution < 1.29 is 24.5 Å². The number of aliphatic hydroxyl groups excluding tert-OH is 2. The van der Waals surface area contributed by atoms with Crippen molar-refractivity contribution in [3.8, 4) is 0 Å². The minimum atomic E-state index is -1.17. The smallest absolute Gasteiger partial charge is 0.223 e. The second kappa shape index (κ2) is 10.8. The molecule has 0 spiro atoms. The van der Waals surface area contributed by atoms with E-state index in [0.29, 0.717) is 6.42 Å². The number of Topliss-reactive ketones (excluding diaryl/α,β-unsaturated/α-hetero) is 1. The number of aromatic nitrogens is 1. The molecule has 35 heavy (non-hydrogen) atoms. The van der Waals surface area contributed by atoms with Gasteiger partial charge >= 0.3 is 0 Å². The summed E-state index contributed by atoms with van der Waals surface area (Å²) in [5, 5.41) is 27.8. The lowest BCUT2D eigenvalue weighted by molar-refractivity contribution is -0.143. The van der Waals surface area contributed by atoms with Crippen LogP contribution in [-0.2, 0) is 14.3 Å². The lowest BCUT2D eigenvalue weighted by Crippen LogP contribution is -2.47. The van der Waals surface area contributed by atoms with Gasteiger partial charge in [-0.05, 0) is 51.2 Å². The molecule has 3 heterocycles. The Balaban J connectivity index is 1.85. The Morgan fingerprint density at radius 3 is 2.57 bits per heavy atom. The van der Waals surface area contributed by atoms with Crippen molar-refractivity contribution in [3.05, 3.63) is 21.7 Å². The summed E-state index contributed by atoms with van der Waals surface area (Å²) in [6.45, 7) is 13.0. The molecule has 8 heteroatoms. The molecule has 2 saturated heterocycles. The number of ketones is 1. The highest BCUT2D eigenvalue weighted by molar-refractivity contribution is 7.09. The topological polar surface area (TPSA) is 112 Å². The van der Waals surface area contributed by atoms with Gasteiger partial charge in [0.2, 0.25) is 5.91 Å². The van der Waals surface area contributed by atoms with Crippen LogP contribution >= 0.6 is 11.3 Å². The Hall–Kier alpha value is -1.61. The highest BCUT2D eigenvalue weighted by atomic mass is 32.1. The number of carbonyl (C=O) groups is 2. The number of nitrogens with one attached hydrogen (secondary N) is 1. The first-order valence-corrected chi connectivity index (χ1v) is 13.6. The second-order valence-corrected chi connectivity index (χ2v) is 12.5. The fourth-order valence-electron chi connectivity index (χ4n) is 5.19. The van der Waals surface area contributed by atoms with Crippen molar-refractivity contribution >= 4 is 29.1 Å². The van der Waals surface area contributed by atoms with Crippen LogP contribution in [0.3, 0.4) is 0 Å². The molecule has 0 saturated carbocycles. The first kappa shape index (κ1) is 28.0. The van der Waals surface area contributed by atoms with E-state index in [1.54, 1.807) is 32.1 Å². The van der Waals surface area contributed by atoms with E-state index in [1.165, 1.54) is 0 Å². The number of aryl methyl sites for hydroxylation is 1. The number of rotatable bonds is 2. The number of fused-ring (bicyclic) bond motifs is 1. The van der Waals surface area contributed by atoms with Gasteiger partial charge in [-0.2, -0.15) is 0 Å². The molecule has 7 nitrogen and oxygen atoms in total. The maximum Gasteiger partial charge on any atom is 0.223 e. The van der Waals surface area contributed by atoms with E-state index in [2.05, 4.69) is 17.2 Å². The van der Waals surface area contributed by atoms with Crippen LogP contribution in [0, 0.1) is 24.2 Å². The molecule has 2 fully saturated rings. The third kappa shape index (κ3) is 6.59. The Morgan fingerprint density at radius 2 is 1.94 bits per heavy atom. The van der Waals surface area contributed by atoms with Gasteiger partial charge in [-0.25, -0.2) is 4.98 Å². The molecule has 0 aliphatic carbocycles. The summed E-state index contributed by atoms with van der Waals surface area (Å²) < 4.78 is 6.10. The molecular weight excluding hydrogens is 464 g/mol. The van der Waals surface area contributed by atoms with E-state index in [9.17, 15) is 19.8 Å². The van der Waals surface area contributed by atoms with E-state index in [4.69, 9.17) is 4.74 Å². The molecule has 2 aliphatic rings.